The van der Waals surface area contributed by atoms with Crippen LogP contribution in [0.15, 0.2) is 65.6 Å². The Kier molecular flexibility index (Phi) is 7.49. The van der Waals surface area contributed by atoms with Crippen molar-refractivity contribution in [2.45, 2.75) is 12.8 Å². The van der Waals surface area contributed by atoms with Crippen LogP contribution in [0.4, 0.5) is 5.69 Å². The normalized spacial score (nSPS) is 14.6. The van der Waals surface area contributed by atoms with E-state index in [1.54, 1.807) is 31.3 Å². The number of fused-ring (bicyclic) bond motifs is 1. The van der Waals surface area contributed by atoms with Gasteiger partial charge in [0.15, 0.2) is 11.5 Å². The van der Waals surface area contributed by atoms with E-state index >= 15 is 0 Å². The van der Waals surface area contributed by atoms with E-state index in [-0.39, 0.29) is 11.8 Å². The fourth-order valence-corrected chi connectivity index (χ4v) is 4.98. The summed E-state index contributed by atoms with van der Waals surface area (Å²) >= 11 is 6.67. The van der Waals surface area contributed by atoms with Crippen LogP contribution in [0.5, 0.6) is 11.5 Å². The number of benzene rings is 3. The molecular formula is C26H24N2O4S2. The molecule has 0 aliphatic carbocycles. The van der Waals surface area contributed by atoms with Crippen molar-refractivity contribution in [1.29, 1.82) is 0 Å². The summed E-state index contributed by atoms with van der Waals surface area (Å²) < 4.78 is 11.1. The van der Waals surface area contributed by atoms with Gasteiger partial charge in [0.2, 0.25) is 5.91 Å². The quantitative estimate of drug-likeness (QED) is 0.332. The molecule has 0 saturated carbocycles. The van der Waals surface area contributed by atoms with Gasteiger partial charge in [-0.1, -0.05) is 60.4 Å². The number of rotatable bonds is 8. The molecule has 3 aromatic rings. The summed E-state index contributed by atoms with van der Waals surface area (Å²) in [4.78, 5) is 27.4. The highest BCUT2D eigenvalue weighted by Crippen LogP contribution is 2.34. The van der Waals surface area contributed by atoms with Crippen LogP contribution in [-0.2, 0) is 9.59 Å². The maximum absolute atomic E-state index is 12.9. The van der Waals surface area contributed by atoms with Gasteiger partial charge in [0.1, 0.15) is 4.32 Å². The van der Waals surface area contributed by atoms with E-state index in [1.165, 1.54) is 11.8 Å². The first-order chi connectivity index (χ1) is 16.5. The fourth-order valence-electron chi connectivity index (χ4n) is 3.68. The summed E-state index contributed by atoms with van der Waals surface area (Å²) in [5.41, 5.74) is 1.57. The van der Waals surface area contributed by atoms with Crippen molar-refractivity contribution in [2.24, 2.45) is 0 Å². The highest BCUT2D eigenvalue weighted by molar-refractivity contribution is 8.26. The summed E-state index contributed by atoms with van der Waals surface area (Å²) in [5.74, 6) is 0.958. The van der Waals surface area contributed by atoms with E-state index in [4.69, 9.17) is 21.7 Å². The number of anilines is 1. The standard InChI is InChI=1S/C26H24N2O4S2/c1-31-21-12-9-17(14-22(21)32-2)15-23-25(30)28(26(33)34-23)13-5-8-24(29)27-20-11-10-18-6-3-4-7-19(18)16-20/h3-4,6-7,9-12,14-16H,5,8,13H2,1-2H3,(H,27,29)/b23-15-. The summed E-state index contributed by atoms with van der Waals surface area (Å²) in [6.45, 7) is 0.388. The summed E-state index contributed by atoms with van der Waals surface area (Å²) in [6, 6.07) is 19.3. The van der Waals surface area contributed by atoms with Gasteiger partial charge in [-0.15, -0.1) is 0 Å². The number of thioether (sulfide) groups is 1. The summed E-state index contributed by atoms with van der Waals surface area (Å²) in [5, 5.41) is 5.12. The monoisotopic (exact) mass is 492 g/mol. The molecule has 3 aromatic carbocycles. The van der Waals surface area contributed by atoms with E-state index in [0.717, 1.165) is 22.0 Å². The van der Waals surface area contributed by atoms with Gasteiger partial charge in [-0.3, -0.25) is 14.5 Å². The summed E-state index contributed by atoms with van der Waals surface area (Å²) in [7, 11) is 3.14. The zero-order valence-corrected chi connectivity index (χ0v) is 20.5. The third kappa shape index (κ3) is 5.40. The van der Waals surface area contributed by atoms with E-state index in [2.05, 4.69) is 5.32 Å². The Labute approximate surface area is 207 Å². The number of nitrogens with zero attached hydrogens (tertiary/aromatic N) is 1. The van der Waals surface area contributed by atoms with Crippen molar-refractivity contribution in [1.82, 2.24) is 4.90 Å². The van der Waals surface area contributed by atoms with Gasteiger partial charge in [-0.05, 0) is 53.1 Å². The Bertz CT molecular complexity index is 1290. The second-order valence-electron chi connectivity index (χ2n) is 7.66. The minimum absolute atomic E-state index is 0.0957. The molecule has 0 atom stereocenters. The Morgan fingerprint density at radius 3 is 2.56 bits per heavy atom. The molecule has 1 N–H and O–H groups in total. The molecule has 0 bridgehead atoms. The highest BCUT2D eigenvalue weighted by atomic mass is 32.2. The minimum Gasteiger partial charge on any atom is -0.493 e. The molecule has 8 heteroatoms. The predicted molar refractivity (Wildman–Crippen MR) is 141 cm³/mol. The van der Waals surface area contributed by atoms with Gasteiger partial charge >= 0.3 is 0 Å². The SMILES string of the molecule is COc1ccc(/C=C2\SC(=S)N(CCCC(=O)Nc3ccc4ccccc4c3)C2=O)cc1OC. The lowest BCUT2D eigenvalue weighted by molar-refractivity contribution is -0.122. The van der Waals surface area contributed by atoms with Crippen LogP contribution < -0.4 is 14.8 Å². The number of thiocarbonyl (C=S) groups is 1. The number of carbonyl (C=O) groups excluding carboxylic acids is 2. The van der Waals surface area contributed by atoms with Crippen LogP contribution in [0.1, 0.15) is 18.4 Å². The first-order valence-corrected chi connectivity index (χ1v) is 12.0. The molecule has 1 aliphatic rings. The number of methoxy groups -OCH3 is 2. The molecule has 0 radical (unpaired) electrons. The lowest BCUT2D eigenvalue weighted by Gasteiger charge is -2.14. The van der Waals surface area contributed by atoms with Crippen LogP contribution >= 0.6 is 24.0 Å². The van der Waals surface area contributed by atoms with Gasteiger partial charge < -0.3 is 14.8 Å². The summed E-state index contributed by atoms with van der Waals surface area (Å²) in [6.07, 6.45) is 2.59. The van der Waals surface area contributed by atoms with Crippen LogP contribution in [0, 0.1) is 0 Å². The van der Waals surface area contributed by atoms with Gasteiger partial charge in [0, 0.05) is 18.7 Å². The zero-order valence-electron chi connectivity index (χ0n) is 18.9. The number of carbonyl (C=O) groups is 2. The van der Waals surface area contributed by atoms with Crippen LogP contribution in [0.25, 0.3) is 16.8 Å². The highest BCUT2D eigenvalue weighted by Gasteiger charge is 2.31. The largest absolute Gasteiger partial charge is 0.493 e. The van der Waals surface area contributed by atoms with E-state index in [9.17, 15) is 9.59 Å². The maximum atomic E-state index is 12.9. The number of nitrogens with one attached hydrogen (secondary N) is 1. The molecule has 4 rings (SSSR count). The molecule has 174 valence electrons. The van der Waals surface area contributed by atoms with Crippen LogP contribution in [-0.4, -0.2) is 41.8 Å². The van der Waals surface area contributed by atoms with E-state index < -0.39 is 0 Å². The molecule has 2 amide bonds. The average Bonchev–Trinajstić information content (AvgIpc) is 3.11. The number of hydrogen-bond acceptors (Lipinski definition) is 6. The fraction of sp³-hybridized carbons (Fsp3) is 0.192. The molecular weight excluding hydrogens is 468 g/mol. The number of amides is 2. The molecule has 0 unspecified atom stereocenters. The molecule has 6 nitrogen and oxygen atoms in total. The second-order valence-corrected chi connectivity index (χ2v) is 9.34. The smallest absolute Gasteiger partial charge is 0.266 e. The van der Waals surface area contributed by atoms with Crippen molar-refractivity contribution >= 4 is 62.7 Å². The maximum Gasteiger partial charge on any atom is 0.266 e. The average molecular weight is 493 g/mol. The van der Waals surface area contributed by atoms with Gasteiger partial charge in [0.25, 0.3) is 5.91 Å². The minimum atomic E-state index is -0.153. The van der Waals surface area contributed by atoms with Crippen molar-refractivity contribution in [3.63, 3.8) is 0 Å². The van der Waals surface area contributed by atoms with Crippen LogP contribution in [0.3, 0.4) is 0 Å². The third-order valence-corrected chi connectivity index (χ3v) is 6.78. The molecule has 0 spiro atoms. The lowest BCUT2D eigenvalue weighted by Crippen LogP contribution is -2.29. The van der Waals surface area contributed by atoms with E-state index in [1.807, 2.05) is 54.6 Å². The Morgan fingerprint density at radius 1 is 1.03 bits per heavy atom. The third-order valence-electron chi connectivity index (χ3n) is 5.40. The Morgan fingerprint density at radius 2 is 1.79 bits per heavy atom. The molecule has 34 heavy (non-hydrogen) atoms. The zero-order chi connectivity index (χ0) is 24.1. The Balaban J connectivity index is 1.33. The van der Waals surface area contributed by atoms with Gasteiger partial charge in [0.05, 0.1) is 19.1 Å². The first kappa shape index (κ1) is 23.8. The molecule has 1 heterocycles. The molecule has 1 aliphatic heterocycles. The topological polar surface area (TPSA) is 67.9 Å². The van der Waals surface area contributed by atoms with Gasteiger partial charge in [-0.25, -0.2) is 0 Å². The van der Waals surface area contributed by atoms with E-state index in [0.29, 0.717) is 40.1 Å². The first-order valence-electron chi connectivity index (χ1n) is 10.7. The second kappa shape index (κ2) is 10.7. The predicted octanol–water partition coefficient (Wildman–Crippen LogP) is 5.48. The van der Waals surface area contributed by atoms with Crippen molar-refractivity contribution in [3.05, 3.63) is 71.1 Å². The Hall–Kier alpha value is -3.36. The molecule has 1 fully saturated rings. The van der Waals surface area contributed by atoms with Crippen molar-refractivity contribution in [3.8, 4) is 11.5 Å². The lowest BCUT2D eigenvalue weighted by atomic mass is 10.1. The van der Waals surface area contributed by atoms with Crippen molar-refractivity contribution in [2.75, 3.05) is 26.1 Å². The number of hydrogen-bond donors (Lipinski definition) is 1. The van der Waals surface area contributed by atoms with Crippen molar-refractivity contribution < 1.29 is 19.1 Å². The van der Waals surface area contributed by atoms with Gasteiger partial charge in [-0.2, -0.15) is 0 Å². The molecule has 1 saturated heterocycles. The molecule has 0 aromatic heterocycles. The number of ether oxygens (including phenoxy) is 2. The van der Waals surface area contributed by atoms with Crippen LogP contribution in [0.2, 0.25) is 0 Å².